The number of ether oxygens (including phenoxy) is 1. The predicted molar refractivity (Wildman–Crippen MR) is 116 cm³/mol. The van der Waals surface area contributed by atoms with Crippen molar-refractivity contribution in [2.45, 2.75) is 38.2 Å². The summed E-state index contributed by atoms with van der Waals surface area (Å²) in [6.45, 7) is 9.37. The zero-order valence-electron chi connectivity index (χ0n) is 16.6. The van der Waals surface area contributed by atoms with Gasteiger partial charge in [0.2, 0.25) is 0 Å². The third-order valence-electron chi connectivity index (χ3n) is 5.49. The van der Waals surface area contributed by atoms with E-state index in [0.717, 1.165) is 55.8 Å². The summed E-state index contributed by atoms with van der Waals surface area (Å²) < 4.78 is 9.49. The summed E-state index contributed by atoms with van der Waals surface area (Å²) in [5.41, 5.74) is 0.491. The van der Waals surface area contributed by atoms with Crippen LogP contribution in [-0.4, -0.2) is 67.4 Å². The van der Waals surface area contributed by atoms with Gasteiger partial charge < -0.3 is 19.6 Å². The molecule has 0 aromatic heterocycles. The molecule has 1 N–H and O–H groups in total. The van der Waals surface area contributed by atoms with Gasteiger partial charge in [0.25, 0.3) is 0 Å². The number of hydrogen-bond donors (Lipinski definition) is 1. The van der Waals surface area contributed by atoms with Gasteiger partial charge in [0.15, 0.2) is 0 Å². The number of rotatable bonds is 7. The lowest BCUT2D eigenvalue weighted by molar-refractivity contribution is -0.0111. The topological polar surface area (TPSA) is 45.2 Å². The van der Waals surface area contributed by atoms with Gasteiger partial charge in [0, 0.05) is 38.6 Å². The standard InChI is InChI=1S/C19H31BrN2O2.Cl2O/c1-5-19(23,6-2)16(14-22-11-9-21(3)10-12-22)15-7-8-18(24-4)17(20)13-15;1-3-2/h7-8,13,16,23H,5-6,9-12,14H2,1-4H3;. The Morgan fingerprint density at radius 2 is 1.74 bits per heavy atom. The normalized spacial score (nSPS) is 17.2. The second-order valence-corrected chi connectivity index (χ2v) is 8.24. The molecule has 1 unspecified atom stereocenters. The van der Waals surface area contributed by atoms with Gasteiger partial charge in [-0.1, -0.05) is 19.9 Å². The third-order valence-corrected chi connectivity index (χ3v) is 6.11. The molecule has 156 valence electrons. The summed E-state index contributed by atoms with van der Waals surface area (Å²) in [5, 5.41) is 11.3. The summed E-state index contributed by atoms with van der Waals surface area (Å²) in [6, 6.07) is 6.19. The van der Waals surface area contributed by atoms with Gasteiger partial charge in [0.05, 0.1) is 40.9 Å². The van der Waals surface area contributed by atoms with Crippen molar-refractivity contribution in [1.29, 1.82) is 0 Å². The minimum atomic E-state index is -0.683. The number of methoxy groups -OCH3 is 1. The van der Waals surface area contributed by atoms with Crippen molar-refractivity contribution in [2.75, 3.05) is 46.9 Å². The van der Waals surface area contributed by atoms with E-state index in [1.807, 2.05) is 6.07 Å². The van der Waals surface area contributed by atoms with Crippen LogP contribution in [0.2, 0.25) is 0 Å². The molecule has 0 saturated carbocycles. The Hall–Kier alpha value is -0.0800. The molecule has 8 heteroatoms. The maximum atomic E-state index is 11.3. The fraction of sp³-hybridized carbons (Fsp3) is 0.684. The van der Waals surface area contributed by atoms with Crippen LogP contribution in [0, 0.1) is 0 Å². The Morgan fingerprint density at radius 3 is 2.19 bits per heavy atom. The SMILES string of the molecule is CCC(O)(CC)C(CN1CCN(C)CC1)c1ccc(OC)c(Br)c1.ClOCl. The molecule has 27 heavy (non-hydrogen) atoms. The van der Waals surface area contributed by atoms with Gasteiger partial charge in [-0.15, -0.1) is 0 Å². The first-order valence-corrected chi connectivity index (χ1v) is 10.6. The summed E-state index contributed by atoms with van der Waals surface area (Å²) in [6.07, 6.45) is 1.51. The Bertz CT molecular complexity index is 554. The van der Waals surface area contributed by atoms with Crippen LogP contribution in [0.15, 0.2) is 22.7 Å². The van der Waals surface area contributed by atoms with Crippen LogP contribution in [0.3, 0.4) is 0 Å². The van der Waals surface area contributed by atoms with E-state index < -0.39 is 5.60 Å². The number of hydrogen-bond acceptors (Lipinski definition) is 5. The molecule has 1 aromatic carbocycles. The van der Waals surface area contributed by atoms with Crippen molar-refractivity contribution in [3.63, 3.8) is 0 Å². The molecule has 0 spiro atoms. The molecule has 2 rings (SSSR count). The lowest BCUT2D eigenvalue weighted by atomic mass is 9.78. The van der Waals surface area contributed by atoms with Gasteiger partial charge in [-0.05, 0) is 53.5 Å². The van der Waals surface area contributed by atoms with Crippen LogP contribution >= 0.6 is 39.7 Å². The smallest absolute Gasteiger partial charge is 0.133 e. The largest absolute Gasteiger partial charge is 0.496 e. The fourth-order valence-corrected chi connectivity index (χ4v) is 4.07. The lowest BCUT2D eigenvalue weighted by Crippen LogP contribution is -2.49. The van der Waals surface area contributed by atoms with Crippen LogP contribution < -0.4 is 4.74 Å². The van der Waals surface area contributed by atoms with Crippen LogP contribution in [0.5, 0.6) is 5.75 Å². The van der Waals surface area contributed by atoms with E-state index in [-0.39, 0.29) is 5.92 Å². The number of nitrogens with zero attached hydrogens (tertiary/aromatic N) is 2. The molecular weight excluding hydrogens is 455 g/mol. The second kappa shape index (κ2) is 12.5. The average molecular weight is 486 g/mol. The quantitative estimate of drug-likeness (QED) is 0.608. The highest BCUT2D eigenvalue weighted by Gasteiger charge is 2.36. The molecule has 1 saturated heterocycles. The van der Waals surface area contributed by atoms with Crippen LogP contribution in [0.1, 0.15) is 38.2 Å². The van der Waals surface area contributed by atoms with Crippen LogP contribution in [0.4, 0.5) is 0 Å². The van der Waals surface area contributed by atoms with Gasteiger partial charge in [-0.3, -0.25) is 0 Å². The molecule has 1 aliphatic heterocycles. The van der Waals surface area contributed by atoms with Gasteiger partial charge in [-0.25, -0.2) is 0 Å². The first-order chi connectivity index (χ1) is 12.8. The Kier molecular flexibility index (Phi) is 11.5. The van der Waals surface area contributed by atoms with Gasteiger partial charge in [0.1, 0.15) is 5.75 Å². The molecule has 0 aliphatic carbocycles. The predicted octanol–water partition coefficient (Wildman–Crippen LogP) is 4.65. The number of piperazine rings is 1. The molecule has 1 aromatic rings. The first-order valence-electron chi connectivity index (χ1n) is 9.21. The number of halogens is 3. The molecule has 0 radical (unpaired) electrons. The molecule has 0 amide bonds. The fourth-order valence-electron chi connectivity index (χ4n) is 3.52. The monoisotopic (exact) mass is 484 g/mol. The van der Waals surface area contributed by atoms with E-state index in [0.29, 0.717) is 0 Å². The lowest BCUT2D eigenvalue weighted by Gasteiger charge is -2.41. The minimum Gasteiger partial charge on any atom is -0.496 e. The summed E-state index contributed by atoms with van der Waals surface area (Å²) >= 11 is 12.1. The highest BCUT2D eigenvalue weighted by Crippen LogP contribution is 2.37. The number of likely N-dealkylation sites (N-methyl/N-ethyl adjacent to an activating group) is 1. The van der Waals surface area contributed by atoms with E-state index in [9.17, 15) is 5.11 Å². The highest BCUT2D eigenvalue weighted by molar-refractivity contribution is 9.10. The van der Waals surface area contributed by atoms with Crippen molar-refractivity contribution >= 4 is 39.7 Å². The molecular formula is C19H31BrCl2N2O3. The van der Waals surface area contributed by atoms with Crippen LogP contribution in [-0.2, 0) is 3.84 Å². The van der Waals surface area contributed by atoms with E-state index >= 15 is 0 Å². The summed E-state index contributed by atoms with van der Waals surface area (Å²) in [7, 11) is 3.85. The Balaban J connectivity index is 0.00000114. The zero-order chi connectivity index (χ0) is 20.4. The van der Waals surface area contributed by atoms with E-state index in [1.54, 1.807) is 7.11 Å². The van der Waals surface area contributed by atoms with Crippen molar-refractivity contribution in [3.05, 3.63) is 28.2 Å². The van der Waals surface area contributed by atoms with Gasteiger partial charge >= 0.3 is 0 Å². The van der Waals surface area contributed by atoms with E-state index in [1.165, 1.54) is 5.56 Å². The van der Waals surface area contributed by atoms with Crippen molar-refractivity contribution in [2.24, 2.45) is 0 Å². The molecule has 1 aliphatic rings. The molecule has 1 atom stereocenters. The molecule has 5 nitrogen and oxygen atoms in total. The summed E-state index contributed by atoms with van der Waals surface area (Å²) in [4.78, 5) is 4.85. The maximum absolute atomic E-state index is 11.3. The maximum Gasteiger partial charge on any atom is 0.133 e. The highest BCUT2D eigenvalue weighted by atomic mass is 79.9. The summed E-state index contributed by atoms with van der Waals surface area (Å²) in [5.74, 6) is 0.923. The number of aliphatic hydroxyl groups is 1. The number of benzene rings is 1. The van der Waals surface area contributed by atoms with Gasteiger partial charge in [-0.2, -0.15) is 3.84 Å². The van der Waals surface area contributed by atoms with Crippen molar-refractivity contribution in [1.82, 2.24) is 9.80 Å². The van der Waals surface area contributed by atoms with Crippen molar-refractivity contribution in [3.8, 4) is 5.75 Å². The second-order valence-electron chi connectivity index (χ2n) is 6.92. The van der Waals surface area contributed by atoms with E-state index in [2.05, 4.69) is 86.3 Å². The minimum absolute atomic E-state index is 0.0955. The molecule has 1 heterocycles. The zero-order valence-corrected chi connectivity index (χ0v) is 19.6. The third kappa shape index (κ3) is 7.35. The van der Waals surface area contributed by atoms with Crippen molar-refractivity contribution < 1.29 is 13.7 Å². The molecule has 1 fully saturated rings. The average Bonchev–Trinajstić information content (AvgIpc) is 2.67. The van der Waals surface area contributed by atoms with Crippen LogP contribution in [0.25, 0.3) is 0 Å². The Labute approximate surface area is 182 Å². The first kappa shape index (κ1) is 25.0. The molecule has 0 bridgehead atoms. The van der Waals surface area contributed by atoms with E-state index in [4.69, 9.17) is 4.74 Å². The Morgan fingerprint density at radius 1 is 1.19 bits per heavy atom.